The van der Waals surface area contributed by atoms with Crippen LogP contribution in [0.15, 0.2) is 30.3 Å². The summed E-state index contributed by atoms with van der Waals surface area (Å²) in [6, 6.07) is 10.3. The summed E-state index contributed by atoms with van der Waals surface area (Å²) in [4.78, 5) is 1.69. The average Bonchev–Trinajstić information content (AvgIpc) is 2.75. The van der Waals surface area contributed by atoms with Crippen LogP contribution in [0.3, 0.4) is 0 Å². The second-order valence-corrected chi connectivity index (χ2v) is 6.31. The summed E-state index contributed by atoms with van der Waals surface area (Å²) in [5.41, 5.74) is 0.464. The summed E-state index contributed by atoms with van der Waals surface area (Å²) >= 11 is 0. The van der Waals surface area contributed by atoms with Crippen LogP contribution in [0, 0.1) is 0 Å². The summed E-state index contributed by atoms with van der Waals surface area (Å²) < 4.78 is 0. The monoisotopic (exact) mass is 276 g/mol. The number of likely N-dealkylation sites (tertiary alicyclic amines) is 1. The molecule has 0 radical (unpaired) electrons. The van der Waals surface area contributed by atoms with Gasteiger partial charge in [-0.1, -0.05) is 43.7 Å². The third kappa shape index (κ3) is 4.32. The van der Waals surface area contributed by atoms with Crippen LogP contribution < -0.4 is 4.90 Å². The largest absolute Gasteiger partial charge is 0.385 e. The highest BCUT2D eigenvalue weighted by Gasteiger charge is 2.29. The number of quaternary nitrogens is 1. The van der Waals surface area contributed by atoms with E-state index in [9.17, 15) is 5.11 Å². The van der Waals surface area contributed by atoms with Gasteiger partial charge >= 0.3 is 0 Å². The summed E-state index contributed by atoms with van der Waals surface area (Å²) in [5.74, 6) is 0. The van der Waals surface area contributed by atoms with E-state index in [1.807, 2.05) is 18.2 Å². The molecule has 1 atom stereocenters. The number of aliphatic hydroxyl groups is 1. The topological polar surface area (TPSA) is 24.7 Å². The Morgan fingerprint density at radius 3 is 2.25 bits per heavy atom. The lowest BCUT2D eigenvalue weighted by Gasteiger charge is -2.30. The lowest BCUT2D eigenvalue weighted by molar-refractivity contribution is -0.900. The summed E-state index contributed by atoms with van der Waals surface area (Å²) in [6.07, 6.45) is 8.27. The molecule has 1 aromatic rings. The van der Waals surface area contributed by atoms with E-state index in [0.29, 0.717) is 0 Å². The molecular formula is C18H30NO+. The molecule has 1 aliphatic heterocycles. The van der Waals surface area contributed by atoms with E-state index in [2.05, 4.69) is 19.1 Å². The number of rotatable bonds is 6. The van der Waals surface area contributed by atoms with Crippen molar-refractivity contribution in [2.24, 2.45) is 0 Å². The number of hydrogen-bond acceptors (Lipinski definition) is 1. The minimum Gasteiger partial charge on any atom is -0.385 e. The fourth-order valence-corrected chi connectivity index (χ4v) is 3.44. The Kier molecular flexibility index (Phi) is 6.06. The van der Waals surface area contributed by atoms with E-state index in [0.717, 1.165) is 31.4 Å². The average molecular weight is 276 g/mol. The van der Waals surface area contributed by atoms with Gasteiger partial charge in [-0.2, -0.15) is 0 Å². The Hall–Kier alpha value is -0.860. The summed E-state index contributed by atoms with van der Waals surface area (Å²) in [7, 11) is 0. The first kappa shape index (κ1) is 15.5. The van der Waals surface area contributed by atoms with Gasteiger partial charge in [-0.15, -0.1) is 0 Å². The van der Waals surface area contributed by atoms with E-state index in [-0.39, 0.29) is 0 Å². The molecule has 2 rings (SSSR count). The maximum Gasteiger partial charge on any atom is 0.0949 e. The van der Waals surface area contributed by atoms with Gasteiger partial charge in [-0.25, -0.2) is 0 Å². The number of benzene rings is 1. The predicted molar refractivity (Wildman–Crippen MR) is 83.9 cm³/mol. The minimum atomic E-state index is -0.630. The van der Waals surface area contributed by atoms with Crippen molar-refractivity contribution in [3.63, 3.8) is 0 Å². The molecule has 2 N–H and O–H groups in total. The van der Waals surface area contributed by atoms with Gasteiger partial charge in [0, 0.05) is 6.42 Å². The van der Waals surface area contributed by atoms with E-state index in [4.69, 9.17) is 0 Å². The molecular weight excluding hydrogens is 246 g/mol. The molecule has 0 bridgehead atoms. The fourth-order valence-electron chi connectivity index (χ4n) is 3.44. The normalized spacial score (nSPS) is 20.3. The van der Waals surface area contributed by atoms with Crippen LogP contribution in [0.1, 0.15) is 57.4 Å². The Morgan fingerprint density at radius 2 is 1.65 bits per heavy atom. The summed E-state index contributed by atoms with van der Waals surface area (Å²) in [5, 5.41) is 11.1. The van der Waals surface area contributed by atoms with Gasteiger partial charge in [0.2, 0.25) is 0 Å². The van der Waals surface area contributed by atoms with Crippen LogP contribution in [0.5, 0.6) is 0 Å². The van der Waals surface area contributed by atoms with Crippen LogP contribution in [0.2, 0.25) is 0 Å². The molecule has 2 nitrogen and oxygen atoms in total. The van der Waals surface area contributed by atoms with Gasteiger partial charge in [0.05, 0.1) is 25.2 Å². The second-order valence-electron chi connectivity index (χ2n) is 6.31. The van der Waals surface area contributed by atoms with Crippen molar-refractivity contribution in [1.29, 1.82) is 0 Å². The van der Waals surface area contributed by atoms with Crippen molar-refractivity contribution in [2.45, 2.75) is 57.5 Å². The molecule has 1 unspecified atom stereocenters. The fraction of sp³-hybridized carbons (Fsp3) is 0.667. The highest BCUT2D eigenvalue weighted by Crippen LogP contribution is 2.29. The molecule has 1 saturated heterocycles. The van der Waals surface area contributed by atoms with Crippen molar-refractivity contribution < 1.29 is 10.0 Å². The smallest absolute Gasteiger partial charge is 0.0949 e. The van der Waals surface area contributed by atoms with Gasteiger partial charge in [0.15, 0.2) is 0 Å². The van der Waals surface area contributed by atoms with E-state index in [1.165, 1.54) is 38.8 Å². The Bertz CT molecular complexity index is 370. The molecule has 0 saturated carbocycles. The summed E-state index contributed by atoms with van der Waals surface area (Å²) in [6.45, 7) is 5.84. The maximum absolute atomic E-state index is 11.1. The van der Waals surface area contributed by atoms with Crippen molar-refractivity contribution in [3.05, 3.63) is 35.9 Å². The van der Waals surface area contributed by atoms with Crippen molar-refractivity contribution >= 4 is 0 Å². The third-order valence-electron chi connectivity index (χ3n) is 4.68. The zero-order valence-electron chi connectivity index (χ0n) is 12.9. The third-order valence-corrected chi connectivity index (χ3v) is 4.68. The SMILES string of the molecule is CCCC(O)(CC[NH+]1CCCCCC1)c1ccccc1. The Morgan fingerprint density at radius 1 is 1.00 bits per heavy atom. The molecule has 1 heterocycles. The van der Waals surface area contributed by atoms with Gasteiger partial charge in [-0.3, -0.25) is 0 Å². The molecule has 112 valence electrons. The van der Waals surface area contributed by atoms with Crippen LogP contribution in [-0.2, 0) is 5.60 Å². The van der Waals surface area contributed by atoms with Crippen molar-refractivity contribution in [1.82, 2.24) is 0 Å². The quantitative estimate of drug-likeness (QED) is 0.820. The molecule has 2 heteroatoms. The Labute approximate surface area is 123 Å². The molecule has 0 aromatic heterocycles. The molecule has 0 spiro atoms. The first-order chi connectivity index (χ1) is 9.74. The maximum atomic E-state index is 11.1. The van der Waals surface area contributed by atoms with Crippen LogP contribution in [0.4, 0.5) is 0 Å². The standard InChI is InChI=1S/C18H29NO/c1-2-12-18(20,17-10-6-5-7-11-17)13-16-19-14-8-3-4-9-15-19/h5-7,10-11,20H,2-4,8-9,12-16H2,1H3/p+1. The van der Waals surface area contributed by atoms with E-state index >= 15 is 0 Å². The first-order valence-electron chi connectivity index (χ1n) is 8.36. The first-order valence-corrected chi connectivity index (χ1v) is 8.36. The molecule has 20 heavy (non-hydrogen) atoms. The minimum absolute atomic E-state index is 0.630. The zero-order valence-corrected chi connectivity index (χ0v) is 12.9. The molecule has 0 aliphatic carbocycles. The van der Waals surface area contributed by atoms with Gasteiger partial charge in [0.1, 0.15) is 0 Å². The second kappa shape index (κ2) is 7.80. The lowest BCUT2D eigenvalue weighted by atomic mass is 9.86. The highest BCUT2D eigenvalue weighted by atomic mass is 16.3. The van der Waals surface area contributed by atoms with Crippen LogP contribution in [-0.4, -0.2) is 24.7 Å². The number of hydrogen-bond donors (Lipinski definition) is 2. The van der Waals surface area contributed by atoms with Gasteiger partial charge < -0.3 is 10.0 Å². The van der Waals surface area contributed by atoms with Gasteiger partial charge in [-0.05, 0) is 37.7 Å². The van der Waals surface area contributed by atoms with Gasteiger partial charge in [0.25, 0.3) is 0 Å². The number of nitrogens with one attached hydrogen (secondary N) is 1. The lowest BCUT2D eigenvalue weighted by Crippen LogP contribution is -3.12. The highest BCUT2D eigenvalue weighted by molar-refractivity contribution is 5.22. The molecule has 1 aliphatic rings. The van der Waals surface area contributed by atoms with E-state index < -0.39 is 5.60 Å². The predicted octanol–water partition coefficient (Wildman–Crippen LogP) is 2.52. The molecule has 1 aromatic carbocycles. The van der Waals surface area contributed by atoms with Crippen LogP contribution >= 0.6 is 0 Å². The van der Waals surface area contributed by atoms with Crippen molar-refractivity contribution in [3.8, 4) is 0 Å². The Balaban J connectivity index is 1.97. The van der Waals surface area contributed by atoms with E-state index in [1.54, 1.807) is 4.90 Å². The molecule has 0 amide bonds. The van der Waals surface area contributed by atoms with Crippen molar-refractivity contribution in [2.75, 3.05) is 19.6 Å². The zero-order chi connectivity index (χ0) is 14.3. The van der Waals surface area contributed by atoms with Crippen LogP contribution in [0.25, 0.3) is 0 Å². The molecule has 1 fully saturated rings.